The normalized spacial score (nSPS) is 19.6. The topological polar surface area (TPSA) is 65.1 Å². The minimum atomic E-state index is -4.99. The zero-order valence-electron chi connectivity index (χ0n) is 14.8. The molecule has 0 saturated carbocycles. The summed E-state index contributed by atoms with van der Waals surface area (Å²) in [6.45, 7) is -0.493. The first kappa shape index (κ1) is 18.4. The van der Waals surface area contributed by atoms with Crippen LogP contribution in [-0.4, -0.2) is 43.2 Å². The Bertz CT molecular complexity index is 903. The van der Waals surface area contributed by atoms with Crippen LogP contribution < -0.4 is 14.2 Å². The van der Waals surface area contributed by atoms with Crippen molar-refractivity contribution in [2.45, 2.75) is 24.6 Å². The number of nitrogens with zero attached hydrogens (tertiary/aromatic N) is 1. The van der Waals surface area contributed by atoms with Gasteiger partial charge in [0, 0.05) is 17.5 Å². The van der Waals surface area contributed by atoms with Gasteiger partial charge in [-0.1, -0.05) is 12.2 Å². The molecule has 148 valence electrons. The summed E-state index contributed by atoms with van der Waals surface area (Å²) < 4.78 is 55.6. The summed E-state index contributed by atoms with van der Waals surface area (Å²) >= 11 is 0. The number of benzene rings is 1. The van der Waals surface area contributed by atoms with E-state index < -0.39 is 17.5 Å². The lowest BCUT2D eigenvalue weighted by atomic mass is 9.73. The van der Waals surface area contributed by atoms with E-state index in [1.807, 2.05) is 0 Å². The Labute approximate surface area is 158 Å². The van der Waals surface area contributed by atoms with Gasteiger partial charge in [-0.05, 0) is 30.2 Å². The van der Waals surface area contributed by atoms with Gasteiger partial charge in [0.2, 0.25) is 12.5 Å². The third-order valence-electron chi connectivity index (χ3n) is 5.19. The molecular weight excluding hydrogens is 379 g/mol. The van der Waals surface area contributed by atoms with Crippen molar-refractivity contribution >= 4 is 11.7 Å². The van der Waals surface area contributed by atoms with Crippen LogP contribution in [0.3, 0.4) is 0 Å². The molecule has 28 heavy (non-hydrogen) atoms. The van der Waals surface area contributed by atoms with E-state index in [-0.39, 0.29) is 43.6 Å². The van der Waals surface area contributed by atoms with E-state index in [4.69, 9.17) is 14.2 Å². The lowest BCUT2D eigenvalue weighted by molar-refractivity contribution is -0.186. The highest BCUT2D eigenvalue weighted by molar-refractivity contribution is 6.01. The lowest BCUT2D eigenvalue weighted by Gasteiger charge is -2.30. The highest BCUT2D eigenvalue weighted by Gasteiger charge is 2.46. The van der Waals surface area contributed by atoms with Crippen molar-refractivity contribution in [1.82, 2.24) is 4.90 Å². The van der Waals surface area contributed by atoms with Crippen molar-refractivity contribution in [2.75, 3.05) is 20.4 Å². The number of methoxy groups -OCH3 is 1. The Kier molecular flexibility index (Phi) is 4.13. The molecule has 3 aliphatic rings. The molecule has 0 saturated heterocycles. The molecule has 1 aliphatic carbocycles. The summed E-state index contributed by atoms with van der Waals surface area (Å²) in [5, 5.41) is 0. The molecule has 2 heterocycles. The lowest BCUT2D eigenvalue weighted by Crippen LogP contribution is -2.41. The summed E-state index contributed by atoms with van der Waals surface area (Å²) in [5.41, 5.74) is 0.148. The van der Waals surface area contributed by atoms with Crippen LogP contribution in [-0.2, 0) is 21.5 Å². The van der Waals surface area contributed by atoms with Gasteiger partial charge in [-0.25, -0.2) is 0 Å². The minimum absolute atomic E-state index is 0.0447. The van der Waals surface area contributed by atoms with Crippen molar-refractivity contribution < 1.29 is 37.0 Å². The number of halogens is 3. The fraction of sp³-hybridized carbons (Fsp3) is 0.368. The maximum absolute atomic E-state index is 13.1. The summed E-state index contributed by atoms with van der Waals surface area (Å²) in [4.78, 5) is 24.3. The largest absolute Gasteiger partial charge is 0.492 e. The van der Waals surface area contributed by atoms with Gasteiger partial charge in [0.1, 0.15) is 0 Å². The predicted octanol–water partition coefficient (Wildman–Crippen LogP) is 2.65. The maximum Gasteiger partial charge on any atom is 0.471 e. The van der Waals surface area contributed by atoms with Gasteiger partial charge in [-0.2, -0.15) is 13.2 Å². The van der Waals surface area contributed by atoms with Crippen LogP contribution >= 0.6 is 0 Å². The van der Waals surface area contributed by atoms with Crippen LogP contribution in [0.5, 0.6) is 17.2 Å². The monoisotopic (exact) mass is 395 g/mol. The second-order valence-electron chi connectivity index (χ2n) is 6.75. The molecule has 0 aromatic heterocycles. The van der Waals surface area contributed by atoms with E-state index in [1.165, 1.54) is 19.3 Å². The number of hydrogen-bond donors (Lipinski definition) is 0. The molecular formula is C19H16F3NO5. The predicted molar refractivity (Wildman–Crippen MR) is 90.2 cm³/mol. The van der Waals surface area contributed by atoms with Crippen LogP contribution in [0.25, 0.3) is 0 Å². The SMILES string of the molecule is COc1c2c(cc3c1OCO3)C1(C=CC(=O)C=C1)CCN(C(=O)C(F)(F)F)C2. The number of fused-ring (bicyclic) bond motifs is 3. The average molecular weight is 395 g/mol. The fourth-order valence-electron chi connectivity index (χ4n) is 3.84. The van der Waals surface area contributed by atoms with E-state index in [0.29, 0.717) is 16.9 Å². The molecule has 2 aliphatic heterocycles. The molecule has 6 nitrogen and oxygen atoms in total. The Morgan fingerprint density at radius 2 is 1.96 bits per heavy atom. The molecule has 0 bridgehead atoms. The summed E-state index contributed by atoms with van der Waals surface area (Å²) in [7, 11) is 1.38. The number of allylic oxidation sites excluding steroid dienone is 4. The van der Waals surface area contributed by atoms with Crippen molar-refractivity contribution in [3.05, 3.63) is 41.5 Å². The zero-order chi connectivity index (χ0) is 20.1. The van der Waals surface area contributed by atoms with Gasteiger partial charge in [0.05, 0.1) is 13.7 Å². The molecule has 1 aromatic rings. The number of carbonyl (C=O) groups is 2. The van der Waals surface area contributed by atoms with E-state index in [1.54, 1.807) is 18.2 Å². The quantitative estimate of drug-likeness (QED) is 0.732. The van der Waals surface area contributed by atoms with Crippen LogP contribution in [0.2, 0.25) is 0 Å². The first-order valence-corrected chi connectivity index (χ1v) is 8.54. The van der Waals surface area contributed by atoms with Crippen molar-refractivity contribution in [3.8, 4) is 17.2 Å². The second-order valence-corrected chi connectivity index (χ2v) is 6.75. The van der Waals surface area contributed by atoms with E-state index in [9.17, 15) is 22.8 Å². The molecule has 1 spiro atoms. The van der Waals surface area contributed by atoms with E-state index >= 15 is 0 Å². The van der Waals surface area contributed by atoms with Gasteiger partial charge >= 0.3 is 12.1 Å². The molecule has 0 atom stereocenters. The van der Waals surface area contributed by atoms with Gasteiger partial charge in [0.25, 0.3) is 0 Å². The molecule has 0 N–H and O–H groups in total. The van der Waals surface area contributed by atoms with Crippen molar-refractivity contribution in [1.29, 1.82) is 0 Å². The standard InChI is InChI=1S/C19H16F3NO5/c1-26-15-12-9-23(17(25)19(20,21)22)7-6-18(4-2-11(24)3-5-18)13(12)8-14-16(15)28-10-27-14/h2-5,8H,6-7,9-10H2,1H3. The van der Waals surface area contributed by atoms with Gasteiger partial charge in [0.15, 0.2) is 17.3 Å². The minimum Gasteiger partial charge on any atom is -0.492 e. The van der Waals surface area contributed by atoms with Crippen LogP contribution in [0.15, 0.2) is 30.4 Å². The maximum atomic E-state index is 13.1. The molecule has 4 rings (SSSR count). The van der Waals surface area contributed by atoms with Crippen LogP contribution in [0.1, 0.15) is 17.5 Å². The number of alkyl halides is 3. The van der Waals surface area contributed by atoms with Gasteiger partial charge < -0.3 is 19.1 Å². The fourth-order valence-corrected chi connectivity index (χ4v) is 3.84. The second kappa shape index (κ2) is 6.29. The highest BCUT2D eigenvalue weighted by atomic mass is 19.4. The Morgan fingerprint density at radius 1 is 1.25 bits per heavy atom. The van der Waals surface area contributed by atoms with E-state index in [2.05, 4.69) is 0 Å². The third-order valence-corrected chi connectivity index (χ3v) is 5.19. The molecule has 0 radical (unpaired) electrons. The molecule has 9 heteroatoms. The van der Waals surface area contributed by atoms with Crippen LogP contribution in [0, 0.1) is 0 Å². The zero-order valence-corrected chi connectivity index (χ0v) is 14.8. The number of rotatable bonds is 1. The number of hydrogen-bond acceptors (Lipinski definition) is 5. The summed E-state index contributed by atoms with van der Waals surface area (Å²) in [6, 6.07) is 1.69. The van der Waals surface area contributed by atoms with E-state index in [0.717, 1.165) is 4.90 Å². The summed E-state index contributed by atoms with van der Waals surface area (Å²) in [6.07, 6.45) is 1.24. The smallest absolute Gasteiger partial charge is 0.471 e. The van der Waals surface area contributed by atoms with Gasteiger partial charge in [-0.15, -0.1) is 0 Å². The Morgan fingerprint density at radius 3 is 2.61 bits per heavy atom. The third kappa shape index (κ3) is 2.81. The molecule has 1 amide bonds. The Balaban J connectivity index is 1.91. The molecule has 1 aromatic carbocycles. The Hall–Kier alpha value is -2.97. The highest BCUT2D eigenvalue weighted by Crippen LogP contribution is 2.51. The van der Waals surface area contributed by atoms with Crippen LogP contribution in [0.4, 0.5) is 13.2 Å². The average Bonchev–Trinajstić information content (AvgIpc) is 3.07. The molecule has 0 unspecified atom stereocenters. The summed E-state index contributed by atoms with van der Waals surface area (Å²) in [5.74, 6) is -1.21. The van der Waals surface area contributed by atoms with Gasteiger partial charge in [-0.3, -0.25) is 9.59 Å². The van der Waals surface area contributed by atoms with Crippen molar-refractivity contribution in [3.63, 3.8) is 0 Å². The number of ketones is 1. The van der Waals surface area contributed by atoms with Crippen molar-refractivity contribution in [2.24, 2.45) is 0 Å². The number of carbonyl (C=O) groups excluding carboxylic acids is 2. The number of ether oxygens (including phenoxy) is 3. The molecule has 0 fully saturated rings. The first-order valence-electron chi connectivity index (χ1n) is 8.54. The first-order chi connectivity index (χ1) is 13.2. The number of amides is 1.